The molecule has 1 heterocycles. The number of aryl methyl sites for hydroxylation is 1. The minimum Gasteiger partial charge on any atom is -0.492 e. The lowest BCUT2D eigenvalue weighted by molar-refractivity contribution is 0.0942. The predicted octanol–water partition coefficient (Wildman–Crippen LogP) is 1.11. The van der Waals surface area contributed by atoms with Crippen molar-refractivity contribution in [3.63, 3.8) is 0 Å². The smallest absolute Gasteiger partial charge is 0.271 e. The third-order valence-corrected chi connectivity index (χ3v) is 2.45. The fraction of sp³-hybridized carbons (Fsp3) is 0.231. The molecule has 2 rings (SSSR count). The summed E-state index contributed by atoms with van der Waals surface area (Å²) < 4.78 is 5.46. The van der Waals surface area contributed by atoms with E-state index in [-0.39, 0.29) is 5.91 Å². The number of aromatic nitrogens is 2. The van der Waals surface area contributed by atoms with Crippen molar-refractivity contribution < 1.29 is 9.53 Å². The van der Waals surface area contributed by atoms with Gasteiger partial charge >= 0.3 is 0 Å². The maximum Gasteiger partial charge on any atom is 0.271 e. The van der Waals surface area contributed by atoms with Crippen molar-refractivity contribution in [3.8, 4) is 5.75 Å². The number of nitrogens with zero attached hydrogens (tertiary/aromatic N) is 1. The Morgan fingerprint density at radius 3 is 3.00 bits per heavy atom. The van der Waals surface area contributed by atoms with Crippen molar-refractivity contribution in [2.24, 2.45) is 0 Å². The maximum absolute atomic E-state index is 11.7. The number of ether oxygens (including phenoxy) is 1. The predicted molar refractivity (Wildman–Crippen MR) is 72.0 cm³/mol. The Bertz CT molecular complexity index is 565. The second-order valence-electron chi connectivity index (χ2n) is 4.11. The molecule has 0 spiro atoms. The molecule has 4 N–H and O–H groups in total. The highest BCUT2D eigenvalue weighted by atomic mass is 16.5. The summed E-state index contributed by atoms with van der Waals surface area (Å²) in [6, 6.07) is 8.84. The lowest BCUT2D eigenvalue weighted by Gasteiger charge is -2.07. The first-order valence-electron chi connectivity index (χ1n) is 5.94. The summed E-state index contributed by atoms with van der Waals surface area (Å²) in [5.74, 6) is 0.463. The van der Waals surface area contributed by atoms with Crippen LogP contribution in [0, 0.1) is 6.92 Å². The summed E-state index contributed by atoms with van der Waals surface area (Å²) in [5, 5.41) is 9.31. The number of carbonyl (C=O) groups excluding carboxylic acids is 1. The molecule has 0 unspecified atom stereocenters. The lowest BCUT2D eigenvalue weighted by atomic mass is 10.3. The van der Waals surface area contributed by atoms with Gasteiger partial charge in [0, 0.05) is 17.4 Å². The summed E-state index contributed by atoms with van der Waals surface area (Å²) in [7, 11) is 0. The van der Waals surface area contributed by atoms with Gasteiger partial charge in [-0.05, 0) is 25.1 Å². The number of rotatable bonds is 5. The first-order chi connectivity index (χ1) is 9.15. The molecular weight excluding hydrogens is 244 g/mol. The fourth-order valence-corrected chi connectivity index (χ4v) is 1.56. The molecule has 0 saturated heterocycles. The topological polar surface area (TPSA) is 93.0 Å². The van der Waals surface area contributed by atoms with Crippen LogP contribution in [0.2, 0.25) is 0 Å². The minimum absolute atomic E-state index is 0.222. The standard InChI is InChI=1S/C13H16N4O2/c1-9-7-12(17-16-9)13(18)15-5-6-19-11-4-2-3-10(14)8-11/h2-4,7-8H,5-6,14H2,1H3,(H,15,18)(H,16,17). The van der Waals surface area contributed by atoms with Crippen molar-refractivity contribution in [1.29, 1.82) is 0 Å². The summed E-state index contributed by atoms with van der Waals surface area (Å²) >= 11 is 0. The van der Waals surface area contributed by atoms with Gasteiger partial charge in [-0.2, -0.15) is 5.10 Å². The van der Waals surface area contributed by atoms with E-state index in [0.29, 0.717) is 30.3 Å². The van der Waals surface area contributed by atoms with Crippen LogP contribution in [-0.4, -0.2) is 29.3 Å². The van der Waals surface area contributed by atoms with Gasteiger partial charge in [-0.3, -0.25) is 9.89 Å². The first kappa shape index (κ1) is 12.9. The van der Waals surface area contributed by atoms with Crippen molar-refractivity contribution >= 4 is 11.6 Å². The Labute approximate surface area is 111 Å². The molecule has 2 aromatic rings. The van der Waals surface area contributed by atoms with E-state index in [4.69, 9.17) is 10.5 Å². The van der Waals surface area contributed by atoms with Crippen LogP contribution >= 0.6 is 0 Å². The lowest BCUT2D eigenvalue weighted by Crippen LogP contribution is -2.28. The van der Waals surface area contributed by atoms with Crippen LogP contribution in [0.25, 0.3) is 0 Å². The normalized spacial score (nSPS) is 10.2. The molecule has 100 valence electrons. The van der Waals surface area contributed by atoms with Gasteiger partial charge in [0.25, 0.3) is 5.91 Å². The van der Waals surface area contributed by atoms with E-state index in [2.05, 4.69) is 15.5 Å². The number of hydrogen-bond acceptors (Lipinski definition) is 4. The molecule has 6 nitrogen and oxygen atoms in total. The van der Waals surface area contributed by atoms with Crippen molar-refractivity contribution in [3.05, 3.63) is 41.7 Å². The third-order valence-electron chi connectivity index (χ3n) is 2.45. The molecule has 0 bridgehead atoms. The maximum atomic E-state index is 11.7. The molecule has 0 aliphatic rings. The number of hydrogen-bond donors (Lipinski definition) is 3. The van der Waals surface area contributed by atoms with Gasteiger partial charge in [-0.25, -0.2) is 0 Å². The number of anilines is 1. The van der Waals surface area contributed by atoms with Crippen LogP contribution in [0.3, 0.4) is 0 Å². The number of benzene rings is 1. The zero-order valence-corrected chi connectivity index (χ0v) is 10.6. The summed E-state index contributed by atoms with van der Waals surface area (Å²) in [6.45, 7) is 2.62. The highest BCUT2D eigenvalue weighted by molar-refractivity contribution is 5.92. The molecule has 6 heteroatoms. The van der Waals surface area contributed by atoms with Crippen LogP contribution in [0.15, 0.2) is 30.3 Å². The summed E-state index contributed by atoms with van der Waals surface area (Å²) in [4.78, 5) is 11.7. The molecule has 1 amide bonds. The zero-order chi connectivity index (χ0) is 13.7. The minimum atomic E-state index is -0.222. The van der Waals surface area contributed by atoms with E-state index in [1.165, 1.54) is 0 Å². The van der Waals surface area contributed by atoms with Crippen molar-refractivity contribution in [2.45, 2.75) is 6.92 Å². The molecule has 0 atom stereocenters. The number of nitrogen functional groups attached to an aromatic ring is 1. The second-order valence-corrected chi connectivity index (χ2v) is 4.11. The van der Waals surface area contributed by atoms with Gasteiger partial charge in [-0.15, -0.1) is 0 Å². The van der Waals surface area contributed by atoms with E-state index in [9.17, 15) is 4.79 Å². The molecule has 0 aliphatic heterocycles. The molecular formula is C13H16N4O2. The van der Waals surface area contributed by atoms with Crippen LogP contribution in [-0.2, 0) is 0 Å². The number of carbonyl (C=O) groups is 1. The van der Waals surface area contributed by atoms with Gasteiger partial charge in [-0.1, -0.05) is 6.07 Å². The highest BCUT2D eigenvalue weighted by Gasteiger charge is 2.07. The SMILES string of the molecule is Cc1cc(C(=O)NCCOc2cccc(N)c2)n[nH]1. The van der Waals surface area contributed by atoms with Crippen molar-refractivity contribution in [2.75, 3.05) is 18.9 Å². The van der Waals surface area contributed by atoms with Gasteiger partial charge in [0.15, 0.2) is 0 Å². The monoisotopic (exact) mass is 260 g/mol. The molecule has 1 aromatic carbocycles. The van der Waals surface area contributed by atoms with Gasteiger partial charge in [0.05, 0.1) is 6.54 Å². The Morgan fingerprint density at radius 2 is 2.32 bits per heavy atom. The molecule has 0 fully saturated rings. The molecule has 0 radical (unpaired) electrons. The zero-order valence-electron chi connectivity index (χ0n) is 10.6. The van der Waals surface area contributed by atoms with E-state index in [1.807, 2.05) is 19.1 Å². The van der Waals surface area contributed by atoms with Crippen LogP contribution in [0.1, 0.15) is 16.2 Å². The summed E-state index contributed by atoms with van der Waals surface area (Å²) in [6.07, 6.45) is 0. The van der Waals surface area contributed by atoms with Crippen LogP contribution < -0.4 is 15.8 Å². The number of H-pyrrole nitrogens is 1. The van der Waals surface area contributed by atoms with Crippen LogP contribution in [0.5, 0.6) is 5.75 Å². The average Bonchev–Trinajstić information content (AvgIpc) is 2.81. The fourth-order valence-electron chi connectivity index (χ4n) is 1.56. The van der Waals surface area contributed by atoms with Gasteiger partial charge < -0.3 is 15.8 Å². The molecule has 0 saturated carbocycles. The Morgan fingerprint density at radius 1 is 1.47 bits per heavy atom. The third kappa shape index (κ3) is 3.74. The van der Waals surface area contributed by atoms with E-state index in [0.717, 1.165) is 5.69 Å². The van der Waals surface area contributed by atoms with Crippen molar-refractivity contribution in [1.82, 2.24) is 15.5 Å². The quantitative estimate of drug-likeness (QED) is 0.554. The highest BCUT2D eigenvalue weighted by Crippen LogP contribution is 2.13. The Balaban J connectivity index is 1.74. The molecule has 1 aromatic heterocycles. The van der Waals surface area contributed by atoms with Gasteiger partial charge in [0.1, 0.15) is 18.1 Å². The molecule has 19 heavy (non-hydrogen) atoms. The van der Waals surface area contributed by atoms with Gasteiger partial charge in [0.2, 0.25) is 0 Å². The van der Waals surface area contributed by atoms with E-state index in [1.54, 1.807) is 18.2 Å². The number of aromatic amines is 1. The van der Waals surface area contributed by atoms with E-state index >= 15 is 0 Å². The van der Waals surface area contributed by atoms with Crippen LogP contribution in [0.4, 0.5) is 5.69 Å². The largest absolute Gasteiger partial charge is 0.492 e. The Hall–Kier alpha value is -2.50. The number of amides is 1. The number of nitrogens with two attached hydrogens (primary N) is 1. The second kappa shape index (κ2) is 5.90. The van der Waals surface area contributed by atoms with E-state index < -0.39 is 0 Å². The molecule has 0 aliphatic carbocycles. The number of nitrogens with one attached hydrogen (secondary N) is 2. The average molecular weight is 260 g/mol. The first-order valence-corrected chi connectivity index (χ1v) is 5.94. The summed E-state index contributed by atoms with van der Waals surface area (Å²) in [5.41, 5.74) is 7.50. The Kier molecular flexibility index (Phi) is 4.02.